The van der Waals surface area contributed by atoms with Crippen molar-refractivity contribution in [1.29, 1.82) is 0 Å². The van der Waals surface area contributed by atoms with Gasteiger partial charge in [-0.3, -0.25) is 4.79 Å². The van der Waals surface area contributed by atoms with E-state index in [2.05, 4.69) is 10.6 Å². The van der Waals surface area contributed by atoms with E-state index in [4.69, 9.17) is 4.74 Å². The van der Waals surface area contributed by atoms with E-state index in [1.807, 2.05) is 13.8 Å². The molecule has 1 fully saturated rings. The van der Waals surface area contributed by atoms with E-state index < -0.39 is 0 Å². The number of ether oxygens (including phenoxy) is 1. The topological polar surface area (TPSA) is 50.4 Å². The van der Waals surface area contributed by atoms with Gasteiger partial charge in [-0.25, -0.2) is 0 Å². The molecule has 1 aliphatic heterocycles. The first kappa shape index (κ1) is 10.5. The van der Waals surface area contributed by atoms with Gasteiger partial charge in [-0.15, -0.1) is 0 Å². The third-order valence-corrected chi connectivity index (χ3v) is 2.18. The summed E-state index contributed by atoms with van der Waals surface area (Å²) in [4.78, 5) is 11.3. The lowest BCUT2D eigenvalue weighted by Crippen LogP contribution is -2.61. The molecule has 0 bridgehead atoms. The predicted octanol–water partition coefficient (Wildman–Crippen LogP) is -0.110. The molecule has 1 unspecified atom stereocenters. The summed E-state index contributed by atoms with van der Waals surface area (Å²) in [5.74, 6) is -0.0318. The Bertz CT molecular complexity index is 190. The molecule has 0 aromatic rings. The standard InChI is InChI=1S/C9H18N2O2/c1-4-11-8(12)7(2)13-9(3)5-10-6-9/h7,10H,4-6H2,1-3H3,(H,11,12). The molecule has 4 heteroatoms. The minimum absolute atomic E-state index is 0.0318. The molecule has 0 aliphatic carbocycles. The molecule has 1 saturated heterocycles. The first-order chi connectivity index (χ1) is 6.07. The summed E-state index contributed by atoms with van der Waals surface area (Å²) in [7, 11) is 0. The van der Waals surface area contributed by atoms with Crippen LogP contribution >= 0.6 is 0 Å². The molecule has 0 aromatic heterocycles. The van der Waals surface area contributed by atoms with Gasteiger partial charge >= 0.3 is 0 Å². The fraction of sp³-hybridized carbons (Fsp3) is 0.889. The molecule has 4 nitrogen and oxygen atoms in total. The van der Waals surface area contributed by atoms with Gasteiger partial charge in [0.05, 0.1) is 5.60 Å². The summed E-state index contributed by atoms with van der Waals surface area (Å²) in [5, 5.41) is 5.85. The van der Waals surface area contributed by atoms with Gasteiger partial charge in [0.2, 0.25) is 5.91 Å². The summed E-state index contributed by atoms with van der Waals surface area (Å²) >= 11 is 0. The second kappa shape index (κ2) is 4.07. The van der Waals surface area contributed by atoms with Crippen LogP contribution in [-0.4, -0.2) is 37.2 Å². The number of hydrogen-bond donors (Lipinski definition) is 2. The molecular formula is C9H18N2O2. The van der Waals surface area contributed by atoms with Crippen molar-refractivity contribution in [2.45, 2.75) is 32.5 Å². The second-order valence-electron chi connectivity index (χ2n) is 3.71. The summed E-state index contributed by atoms with van der Waals surface area (Å²) in [6.45, 7) is 8.01. The van der Waals surface area contributed by atoms with Gasteiger partial charge < -0.3 is 15.4 Å². The number of hydrogen-bond acceptors (Lipinski definition) is 3. The largest absolute Gasteiger partial charge is 0.360 e. The number of carbonyl (C=O) groups excluding carboxylic acids is 1. The maximum Gasteiger partial charge on any atom is 0.248 e. The maximum absolute atomic E-state index is 11.3. The number of nitrogens with one attached hydrogen (secondary N) is 2. The van der Waals surface area contributed by atoms with E-state index in [0.717, 1.165) is 13.1 Å². The van der Waals surface area contributed by atoms with E-state index >= 15 is 0 Å². The molecule has 1 amide bonds. The van der Waals surface area contributed by atoms with Crippen LogP contribution in [0.3, 0.4) is 0 Å². The van der Waals surface area contributed by atoms with Crippen molar-refractivity contribution < 1.29 is 9.53 Å². The first-order valence-corrected chi connectivity index (χ1v) is 4.73. The third-order valence-electron chi connectivity index (χ3n) is 2.18. The molecule has 0 spiro atoms. The lowest BCUT2D eigenvalue weighted by molar-refractivity contribution is -0.149. The Kier molecular flexibility index (Phi) is 3.27. The number of likely N-dealkylation sites (N-methyl/N-ethyl adjacent to an activating group) is 1. The minimum Gasteiger partial charge on any atom is -0.360 e. The Morgan fingerprint density at radius 2 is 2.31 bits per heavy atom. The SMILES string of the molecule is CCNC(=O)C(C)OC1(C)CNC1. The zero-order chi connectivity index (χ0) is 9.90. The van der Waals surface area contributed by atoms with Crippen LogP contribution < -0.4 is 10.6 Å². The van der Waals surface area contributed by atoms with Crippen molar-refractivity contribution in [2.24, 2.45) is 0 Å². The highest BCUT2D eigenvalue weighted by Crippen LogP contribution is 2.17. The van der Waals surface area contributed by atoms with E-state index in [1.54, 1.807) is 6.92 Å². The van der Waals surface area contributed by atoms with Gasteiger partial charge in [0.25, 0.3) is 0 Å². The summed E-state index contributed by atoms with van der Waals surface area (Å²) in [6, 6.07) is 0. The summed E-state index contributed by atoms with van der Waals surface area (Å²) in [5.41, 5.74) is -0.148. The fourth-order valence-corrected chi connectivity index (χ4v) is 1.36. The number of rotatable bonds is 4. The molecular weight excluding hydrogens is 168 g/mol. The van der Waals surface area contributed by atoms with Gasteiger partial charge in [-0.05, 0) is 20.8 Å². The zero-order valence-corrected chi connectivity index (χ0v) is 8.52. The van der Waals surface area contributed by atoms with Crippen LogP contribution in [0.1, 0.15) is 20.8 Å². The number of amides is 1. The summed E-state index contributed by atoms with van der Waals surface area (Å²) in [6.07, 6.45) is -0.355. The average Bonchev–Trinajstić information content (AvgIpc) is 2.02. The molecule has 1 rings (SSSR count). The average molecular weight is 186 g/mol. The van der Waals surface area contributed by atoms with Crippen LogP contribution in [-0.2, 0) is 9.53 Å². The lowest BCUT2D eigenvalue weighted by Gasteiger charge is -2.40. The van der Waals surface area contributed by atoms with Crippen molar-refractivity contribution in [3.63, 3.8) is 0 Å². The fourth-order valence-electron chi connectivity index (χ4n) is 1.36. The van der Waals surface area contributed by atoms with Crippen molar-refractivity contribution in [3.8, 4) is 0 Å². The zero-order valence-electron chi connectivity index (χ0n) is 8.52. The van der Waals surface area contributed by atoms with Crippen molar-refractivity contribution in [2.75, 3.05) is 19.6 Å². The van der Waals surface area contributed by atoms with E-state index in [9.17, 15) is 4.79 Å². The van der Waals surface area contributed by atoms with Gasteiger partial charge in [0.1, 0.15) is 6.10 Å². The molecule has 1 aliphatic rings. The summed E-state index contributed by atoms with van der Waals surface area (Å²) < 4.78 is 5.61. The molecule has 0 radical (unpaired) electrons. The highest BCUT2D eigenvalue weighted by Gasteiger charge is 2.35. The van der Waals surface area contributed by atoms with Crippen molar-refractivity contribution >= 4 is 5.91 Å². The Labute approximate surface area is 79.0 Å². The number of carbonyl (C=O) groups is 1. The molecule has 2 N–H and O–H groups in total. The van der Waals surface area contributed by atoms with Gasteiger partial charge in [-0.2, -0.15) is 0 Å². The molecule has 0 saturated carbocycles. The molecule has 1 atom stereocenters. The van der Waals surface area contributed by atoms with E-state index in [0.29, 0.717) is 6.54 Å². The normalized spacial score (nSPS) is 21.8. The van der Waals surface area contributed by atoms with Crippen LogP contribution in [0.4, 0.5) is 0 Å². The molecule has 13 heavy (non-hydrogen) atoms. The molecule has 1 heterocycles. The predicted molar refractivity (Wildman–Crippen MR) is 50.5 cm³/mol. The van der Waals surface area contributed by atoms with E-state index in [-0.39, 0.29) is 17.6 Å². The second-order valence-corrected chi connectivity index (χ2v) is 3.71. The lowest BCUT2D eigenvalue weighted by atomic mass is 10.00. The maximum atomic E-state index is 11.3. The highest BCUT2D eigenvalue weighted by molar-refractivity contribution is 5.80. The first-order valence-electron chi connectivity index (χ1n) is 4.73. The van der Waals surface area contributed by atoms with Crippen LogP contribution in [0, 0.1) is 0 Å². The van der Waals surface area contributed by atoms with Gasteiger partial charge in [0.15, 0.2) is 0 Å². The van der Waals surface area contributed by atoms with Crippen LogP contribution in [0.15, 0.2) is 0 Å². The van der Waals surface area contributed by atoms with Gasteiger partial charge in [0, 0.05) is 19.6 Å². The Morgan fingerprint density at radius 1 is 1.69 bits per heavy atom. The minimum atomic E-state index is -0.355. The molecule has 0 aromatic carbocycles. The van der Waals surface area contributed by atoms with Crippen LogP contribution in [0.2, 0.25) is 0 Å². The van der Waals surface area contributed by atoms with E-state index in [1.165, 1.54) is 0 Å². The van der Waals surface area contributed by atoms with Crippen molar-refractivity contribution in [3.05, 3.63) is 0 Å². The van der Waals surface area contributed by atoms with Crippen molar-refractivity contribution in [1.82, 2.24) is 10.6 Å². The Balaban J connectivity index is 2.31. The van der Waals surface area contributed by atoms with Crippen LogP contribution in [0.25, 0.3) is 0 Å². The smallest absolute Gasteiger partial charge is 0.248 e. The van der Waals surface area contributed by atoms with Crippen LogP contribution in [0.5, 0.6) is 0 Å². The van der Waals surface area contributed by atoms with Gasteiger partial charge in [-0.1, -0.05) is 0 Å². The monoisotopic (exact) mass is 186 g/mol. The third kappa shape index (κ3) is 2.67. The highest BCUT2D eigenvalue weighted by atomic mass is 16.5. The quantitative estimate of drug-likeness (QED) is 0.644. The Morgan fingerprint density at radius 3 is 2.69 bits per heavy atom. The Hall–Kier alpha value is -0.610. The molecule has 76 valence electrons.